The number of esters is 1. The standard InChI is InChI=1S/C22H24ClNO5/c1-3-28-20-17(23)13-16(14-18(20)27-2)22(26)29-19(15-9-5-4-6-10-15)21(25)24-11-7-8-12-24/h4-6,9-10,13-14,19H,3,7-8,11-12H2,1-2H3/t19-/m1/s1. The Kier molecular flexibility index (Phi) is 6.99. The zero-order chi connectivity index (χ0) is 20.8. The molecule has 2 aromatic carbocycles. The van der Waals surface area contributed by atoms with Crippen LogP contribution in [0, 0.1) is 0 Å². The molecule has 29 heavy (non-hydrogen) atoms. The molecule has 6 nitrogen and oxygen atoms in total. The molecule has 2 aromatic rings. The van der Waals surface area contributed by atoms with Crippen LogP contribution in [0.5, 0.6) is 11.5 Å². The van der Waals surface area contributed by atoms with E-state index in [0.29, 0.717) is 36.8 Å². The summed E-state index contributed by atoms with van der Waals surface area (Å²) in [6.07, 6.45) is 0.887. The number of ether oxygens (including phenoxy) is 3. The van der Waals surface area contributed by atoms with Crippen molar-refractivity contribution in [3.63, 3.8) is 0 Å². The summed E-state index contributed by atoms with van der Waals surface area (Å²) in [7, 11) is 1.47. The molecule has 0 unspecified atom stereocenters. The van der Waals surface area contributed by atoms with Crippen LogP contribution in [0.1, 0.15) is 41.8 Å². The van der Waals surface area contributed by atoms with Crippen molar-refractivity contribution in [3.05, 3.63) is 58.6 Å². The van der Waals surface area contributed by atoms with Crippen LogP contribution in [0.4, 0.5) is 0 Å². The van der Waals surface area contributed by atoms with Gasteiger partial charge in [-0.05, 0) is 31.9 Å². The molecule has 1 amide bonds. The van der Waals surface area contributed by atoms with Crippen molar-refractivity contribution in [2.24, 2.45) is 0 Å². The highest BCUT2D eigenvalue weighted by Crippen LogP contribution is 2.37. The predicted molar refractivity (Wildman–Crippen MR) is 110 cm³/mol. The van der Waals surface area contributed by atoms with Crippen LogP contribution in [-0.2, 0) is 9.53 Å². The van der Waals surface area contributed by atoms with Crippen molar-refractivity contribution in [2.75, 3.05) is 26.8 Å². The summed E-state index contributed by atoms with van der Waals surface area (Å²) in [5, 5.41) is 0.236. The smallest absolute Gasteiger partial charge is 0.339 e. The Balaban J connectivity index is 1.88. The van der Waals surface area contributed by atoms with Crippen LogP contribution in [0.25, 0.3) is 0 Å². The van der Waals surface area contributed by atoms with E-state index in [1.54, 1.807) is 17.0 Å². The van der Waals surface area contributed by atoms with Gasteiger partial charge in [0.1, 0.15) is 0 Å². The van der Waals surface area contributed by atoms with Gasteiger partial charge >= 0.3 is 5.97 Å². The first-order chi connectivity index (χ1) is 14.0. The molecule has 1 aliphatic heterocycles. The maximum Gasteiger partial charge on any atom is 0.339 e. The molecule has 1 atom stereocenters. The Labute approximate surface area is 175 Å². The molecule has 1 heterocycles. The highest BCUT2D eigenvalue weighted by atomic mass is 35.5. The molecule has 154 valence electrons. The monoisotopic (exact) mass is 417 g/mol. The molecule has 1 aliphatic rings. The van der Waals surface area contributed by atoms with Gasteiger partial charge in [-0.25, -0.2) is 4.79 Å². The normalized spacial score (nSPS) is 14.4. The minimum Gasteiger partial charge on any atom is -0.493 e. The minimum absolute atomic E-state index is 0.186. The maximum atomic E-state index is 13.0. The first-order valence-electron chi connectivity index (χ1n) is 9.60. The molecule has 0 aliphatic carbocycles. The van der Waals surface area contributed by atoms with Crippen LogP contribution in [0.15, 0.2) is 42.5 Å². The Bertz CT molecular complexity index is 865. The summed E-state index contributed by atoms with van der Waals surface area (Å²) in [6.45, 7) is 3.57. The molecule has 7 heteroatoms. The number of hydrogen-bond donors (Lipinski definition) is 0. The van der Waals surface area contributed by atoms with E-state index < -0.39 is 12.1 Å². The fourth-order valence-corrected chi connectivity index (χ4v) is 3.55. The number of amides is 1. The minimum atomic E-state index is -1.02. The third kappa shape index (κ3) is 4.82. The number of benzene rings is 2. The van der Waals surface area contributed by atoms with Gasteiger partial charge in [-0.3, -0.25) is 4.79 Å². The zero-order valence-electron chi connectivity index (χ0n) is 16.5. The first-order valence-corrected chi connectivity index (χ1v) is 9.98. The van der Waals surface area contributed by atoms with Crippen LogP contribution in [0.3, 0.4) is 0 Å². The van der Waals surface area contributed by atoms with Gasteiger partial charge in [0.2, 0.25) is 6.10 Å². The fourth-order valence-electron chi connectivity index (χ4n) is 3.29. The van der Waals surface area contributed by atoms with Gasteiger partial charge in [0.25, 0.3) is 5.91 Å². The number of methoxy groups -OCH3 is 1. The van der Waals surface area contributed by atoms with E-state index in [2.05, 4.69) is 0 Å². The topological polar surface area (TPSA) is 65.1 Å². The molecule has 0 radical (unpaired) electrons. The Morgan fingerprint density at radius 2 is 1.83 bits per heavy atom. The van der Waals surface area contributed by atoms with Crippen LogP contribution in [-0.4, -0.2) is 43.6 Å². The predicted octanol–water partition coefficient (Wildman–Crippen LogP) is 4.27. The van der Waals surface area contributed by atoms with Crippen molar-refractivity contribution >= 4 is 23.5 Å². The lowest BCUT2D eigenvalue weighted by Gasteiger charge is -2.23. The van der Waals surface area contributed by atoms with Gasteiger partial charge in [-0.15, -0.1) is 0 Å². The molecule has 1 fully saturated rings. The molecule has 1 saturated heterocycles. The fraction of sp³-hybridized carbons (Fsp3) is 0.364. The SMILES string of the molecule is CCOc1c(Cl)cc(C(=O)O[C@@H](C(=O)N2CCCC2)c2ccccc2)cc1OC. The third-order valence-corrected chi connectivity index (χ3v) is 5.00. The third-order valence-electron chi connectivity index (χ3n) is 4.72. The van der Waals surface area contributed by atoms with Gasteiger partial charge in [0.05, 0.1) is 24.3 Å². The summed E-state index contributed by atoms with van der Waals surface area (Å²) in [4.78, 5) is 27.6. The van der Waals surface area contributed by atoms with Crippen molar-refractivity contribution in [1.82, 2.24) is 4.90 Å². The number of likely N-dealkylation sites (tertiary alicyclic amines) is 1. The lowest BCUT2D eigenvalue weighted by Crippen LogP contribution is -2.34. The van der Waals surface area contributed by atoms with Gasteiger partial charge in [-0.2, -0.15) is 0 Å². The Hall–Kier alpha value is -2.73. The largest absolute Gasteiger partial charge is 0.493 e. The number of rotatable bonds is 7. The van der Waals surface area contributed by atoms with Crippen molar-refractivity contribution < 1.29 is 23.8 Å². The van der Waals surface area contributed by atoms with Crippen LogP contribution >= 0.6 is 11.6 Å². The number of carbonyl (C=O) groups is 2. The number of carbonyl (C=O) groups excluding carboxylic acids is 2. The maximum absolute atomic E-state index is 13.0. The summed E-state index contributed by atoms with van der Waals surface area (Å²) in [5.74, 6) is -0.185. The highest BCUT2D eigenvalue weighted by molar-refractivity contribution is 6.32. The van der Waals surface area contributed by atoms with E-state index >= 15 is 0 Å². The number of nitrogens with zero attached hydrogens (tertiary/aromatic N) is 1. The Morgan fingerprint density at radius 3 is 2.45 bits per heavy atom. The van der Waals surface area contributed by atoms with Gasteiger partial charge in [-0.1, -0.05) is 41.9 Å². The van der Waals surface area contributed by atoms with Crippen molar-refractivity contribution in [3.8, 4) is 11.5 Å². The van der Waals surface area contributed by atoms with Crippen molar-refractivity contribution in [1.29, 1.82) is 0 Å². The van der Waals surface area contributed by atoms with E-state index in [9.17, 15) is 9.59 Å². The van der Waals surface area contributed by atoms with Gasteiger partial charge in [0, 0.05) is 18.7 Å². The molecular formula is C22H24ClNO5. The van der Waals surface area contributed by atoms with E-state index in [0.717, 1.165) is 12.8 Å². The second kappa shape index (κ2) is 9.65. The lowest BCUT2D eigenvalue weighted by atomic mass is 10.1. The molecule has 0 aromatic heterocycles. The quantitative estimate of drug-likeness (QED) is 0.629. The second-order valence-corrected chi connectivity index (χ2v) is 7.06. The molecule has 0 N–H and O–H groups in total. The first kappa shape index (κ1) is 21.0. The molecule has 0 spiro atoms. The van der Waals surface area contributed by atoms with E-state index in [1.807, 2.05) is 25.1 Å². The Morgan fingerprint density at radius 1 is 1.14 bits per heavy atom. The van der Waals surface area contributed by atoms with Crippen LogP contribution in [0.2, 0.25) is 5.02 Å². The molecule has 0 saturated carbocycles. The summed E-state index contributed by atoms with van der Waals surface area (Å²) >= 11 is 6.27. The lowest BCUT2D eigenvalue weighted by molar-refractivity contribution is -0.140. The summed E-state index contributed by atoms with van der Waals surface area (Å²) in [6, 6.07) is 12.0. The number of hydrogen-bond acceptors (Lipinski definition) is 5. The molecule has 0 bridgehead atoms. The van der Waals surface area contributed by atoms with Crippen LogP contribution < -0.4 is 9.47 Å². The van der Waals surface area contributed by atoms with Crippen molar-refractivity contribution in [2.45, 2.75) is 25.9 Å². The molecule has 3 rings (SSSR count). The average Bonchev–Trinajstić information content (AvgIpc) is 3.28. The van der Waals surface area contributed by atoms with E-state index in [-0.39, 0.29) is 16.5 Å². The van der Waals surface area contributed by atoms with E-state index in [4.69, 9.17) is 25.8 Å². The summed E-state index contributed by atoms with van der Waals surface area (Å²) in [5.41, 5.74) is 0.812. The highest BCUT2D eigenvalue weighted by Gasteiger charge is 2.31. The molecular weight excluding hydrogens is 394 g/mol. The second-order valence-electron chi connectivity index (χ2n) is 6.65. The van der Waals surface area contributed by atoms with Gasteiger partial charge < -0.3 is 19.1 Å². The zero-order valence-corrected chi connectivity index (χ0v) is 17.3. The summed E-state index contributed by atoms with van der Waals surface area (Å²) < 4.78 is 16.4. The average molecular weight is 418 g/mol. The van der Waals surface area contributed by atoms with Gasteiger partial charge in [0.15, 0.2) is 11.5 Å². The number of halogens is 1. The van der Waals surface area contributed by atoms with E-state index in [1.165, 1.54) is 19.2 Å².